The molecule has 2 heterocycles. The van der Waals surface area contributed by atoms with Gasteiger partial charge >= 0.3 is 0 Å². The first-order valence-electron chi connectivity index (χ1n) is 16.2. The van der Waals surface area contributed by atoms with E-state index in [1.54, 1.807) is 61.7 Å². The second kappa shape index (κ2) is 12.7. The van der Waals surface area contributed by atoms with Crippen molar-refractivity contribution < 1.29 is 33.1 Å². The highest BCUT2D eigenvalue weighted by molar-refractivity contribution is 6.22. The number of amides is 4. The fraction of sp³-hybridized carbons (Fsp3) is 0.316. The van der Waals surface area contributed by atoms with E-state index in [0.29, 0.717) is 48.1 Å². The number of nitrogens with zero attached hydrogens (tertiary/aromatic N) is 2. The summed E-state index contributed by atoms with van der Waals surface area (Å²) in [6, 6.07) is 23.6. The van der Waals surface area contributed by atoms with Gasteiger partial charge < -0.3 is 24.1 Å². The average molecular weight is 648 g/mol. The van der Waals surface area contributed by atoms with E-state index in [4.69, 9.17) is 13.9 Å². The van der Waals surface area contributed by atoms with E-state index in [2.05, 4.69) is 23.5 Å². The highest BCUT2D eigenvalue weighted by Gasteiger charge is 2.53. The van der Waals surface area contributed by atoms with Crippen LogP contribution in [-0.4, -0.2) is 59.7 Å². The van der Waals surface area contributed by atoms with Crippen LogP contribution in [0.25, 0.3) is 0 Å². The highest BCUT2D eigenvalue weighted by Crippen LogP contribution is 2.47. The smallest absolute Gasteiger partial charge is 0.262 e. The zero-order valence-electron chi connectivity index (χ0n) is 26.9. The Hall–Kier alpha value is -5.38. The molecule has 10 nitrogen and oxygen atoms in total. The Morgan fingerprint density at radius 3 is 2.23 bits per heavy atom. The van der Waals surface area contributed by atoms with Crippen LogP contribution < -0.4 is 14.8 Å². The molecule has 4 amide bonds. The van der Waals surface area contributed by atoms with Gasteiger partial charge in [-0.05, 0) is 91.5 Å². The van der Waals surface area contributed by atoms with E-state index in [-0.39, 0.29) is 29.5 Å². The van der Waals surface area contributed by atoms with E-state index in [1.807, 2.05) is 6.07 Å². The van der Waals surface area contributed by atoms with Gasteiger partial charge in [-0.25, -0.2) is 0 Å². The second-order valence-electron chi connectivity index (χ2n) is 12.8. The number of fused-ring (bicyclic) bond motifs is 3. The van der Waals surface area contributed by atoms with Gasteiger partial charge in [0.2, 0.25) is 11.8 Å². The Bertz CT molecular complexity index is 1850. The Balaban J connectivity index is 1.28. The summed E-state index contributed by atoms with van der Waals surface area (Å²) >= 11 is 0. The number of carbonyl (C=O) groups excluding carboxylic acids is 4. The second-order valence-corrected chi connectivity index (χ2v) is 12.8. The predicted octanol–water partition coefficient (Wildman–Crippen LogP) is 5.51. The van der Waals surface area contributed by atoms with Gasteiger partial charge in [-0.2, -0.15) is 0 Å². The average Bonchev–Trinajstić information content (AvgIpc) is 3.72. The zero-order chi connectivity index (χ0) is 33.4. The number of hydrogen-bond donors (Lipinski definition) is 1. The third kappa shape index (κ3) is 5.51. The third-order valence-corrected chi connectivity index (χ3v) is 10.2. The van der Waals surface area contributed by atoms with Crippen molar-refractivity contribution >= 4 is 29.3 Å². The number of nitrogens with one attached hydrogen (secondary N) is 1. The Morgan fingerprint density at radius 2 is 1.58 bits per heavy atom. The van der Waals surface area contributed by atoms with Crippen LogP contribution >= 0.6 is 0 Å². The molecule has 3 aromatic carbocycles. The zero-order valence-corrected chi connectivity index (χ0v) is 26.9. The van der Waals surface area contributed by atoms with Crippen molar-refractivity contribution in [1.82, 2.24) is 9.80 Å². The lowest BCUT2D eigenvalue weighted by molar-refractivity contribution is -0.151. The Kier molecular flexibility index (Phi) is 8.24. The van der Waals surface area contributed by atoms with Crippen LogP contribution in [0.4, 0.5) is 5.69 Å². The van der Waals surface area contributed by atoms with E-state index in [1.165, 1.54) is 29.4 Å². The number of imide groups is 1. The van der Waals surface area contributed by atoms with Crippen molar-refractivity contribution in [3.8, 4) is 11.5 Å². The maximum absolute atomic E-state index is 14.9. The van der Waals surface area contributed by atoms with Gasteiger partial charge in [-0.3, -0.25) is 24.1 Å². The molecule has 0 spiro atoms. The first-order valence-corrected chi connectivity index (χ1v) is 16.2. The molecule has 4 aromatic rings. The van der Waals surface area contributed by atoms with Gasteiger partial charge in [0.25, 0.3) is 11.8 Å². The monoisotopic (exact) mass is 647 g/mol. The lowest BCUT2D eigenvalue weighted by atomic mass is 9.62. The number of anilines is 1. The van der Waals surface area contributed by atoms with Crippen LogP contribution in [0.5, 0.6) is 11.5 Å². The van der Waals surface area contributed by atoms with Crippen LogP contribution in [-0.2, 0) is 29.0 Å². The van der Waals surface area contributed by atoms with E-state index < -0.39 is 29.8 Å². The van der Waals surface area contributed by atoms with Crippen LogP contribution in [0, 0.1) is 11.8 Å². The molecule has 10 heteroatoms. The predicted molar refractivity (Wildman–Crippen MR) is 177 cm³/mol. The number of methoxy groups -OCH3 is 2. The van der Waals surface area contributed by atoms with E-state index in [0.717, 1.165) is 17.7 Å². The minimum absolute atomic E-state index is 0.0177. The normalized spacial score (nSPS) is 21.2. The van der Waals surface area contributed by atoms with Crippen molar-refractivity contribution in [3.05, 3.63) is 113 Å². The molecule has 246 valence electrons. The quantitative estimate of drug-likeness (QED) is 0.238. The number of rotatable bonds is 9. The standard InChI is InChI=1S/C38H37N3O7/c1-46-28-13-14-32(33(20-28)47-2)39-37(45)38(16-15-26-18-24-8-3-4-9-25(24)19-27(26)21-38)41(22-29-10-7-17-48-29)34(42)23-40-35(43)30-11-5-6-12-31(30)36(40)44/h3-14,17,20,26-27H,15-16,18-19,21-23H2,1-2H3,(H,39,45). The van der Waals surface area contributed by atoms with Crippen LogP contribution in [0.1, 0.15) is 56.9 Å². The Morgan fingerprint density at radius 1 is 0.896 bits per heavy atom. The van der Waals surface area contributed by atoms with Gasteiger partial charge in [0, 0.05) is 6.07 Å². The van der Waals surface area contributed by atoms with Crippen molar-refractivity contribution in [2.45, 2.75) is 44.2 Å². The van der Waals surface area contributed by atoms with E-state index >= 15 is 0 Å². The minimum Gasteiger partial charge on any atom is -0.497 e. The molecule has 3 aliphatic rings. The van der Waals surface area contributed by atoms with Gasteiger partial charge in [0.05, 0.1) is 43.8 Å². The molecule has 0 bridgehead atoms. The minimum atomic E-state index is -1.33. The summed E-state index contributed by atoms with van der Waals surface area (Å²) in [6.45, 7) is -0.527. The van der Waals surface area contributed by atoms with Gasteiger partial charge in [-0.15, -0.1) is 0 Å². The summed E-state index contributed by atoms with van der Waals surface area (Å²) < 4.78 is 16.7. The maximum atomic E-state index is 14.9. The maximum Gasteiger partial charge on any atom is 0.262 e. The summed E-state index contributed by atoms with van der Waals surface area (Å²) in [5.74, 6) is -0.0398. The van der Waals surface area contributed by atoms with E-state index in [9.17, 15) is 19.2 Å². The molecule has 3 unspecified atom stereocenters. The summed E-state index contributed by atoms with van der Waals surface area (Å²) in [5, 5.41) is 3.09. The largest absolute Gasteiger partial charge is 0.497 e. The Labute approximate surface area is 278 Å². The molecular weight excluding hydrogens is 610 g/mol. The number of hydrogen-bond acceptors (Lipinski definition) is 7. The molecule has 7 rings (SSSR count). The highest BCUT2D eigenvalue weighted by atomic mass is 16.5. The van der Waals surface area contributed by atoms with Gasteiger partial charge in [0.15, 0.2) is 0 Å². The molecule has 0 radical (unpaired) electrons. The molecule has 0 saturated heterocycles. The van der Waals surface area contributed by atoms with Gasteiger partial charge in [0.1, 0.15) is 29.3 Å². The lowest BCUT2D eigenvalue weighted by Crippen LogP contribution is -2.63. The fourth-order valence-electron chi connectivity index (χ4n) is 7.74. The SMILES string of the molecule is COc1ccc(NC(=O)C2(N(Cc3ccco3)C(=O)CN3C(=O)c4ccccc4C3=O)CCC3Cc4ccccc4CC3C2)c(OC)c1. The fourth-order valence-corrected chi connectivity index (χ4v) is 7.74. The molecule has 48 heavy (non-hydrogen) atoms. The molecule has 2 aliphatic carbocycles. The molecule has 1 N–H and O–H groups in total. The van der Waals surface area contributed by atoms with Gasteiger partial charge in [-0.1, -0.05) is 36.4 Å². The lowest BCUT2D eigenvalue weighted by Gasteiger charge is -2.51. The number of furan rings is 1. The van der Waals surface area contributed by atoms with Crippen molar-refractivity contribution in [3.63, 3.8) is 0 Å². The summed E-state index contributed by atoms with van der Waals surface area (Å²) in [5.41, 5.74) is 2.20. The van der Waals surface area contributed by atoms with Crippen molar-refractivity contribution in [1.29, 1.82) is 0 Å². The number of carbonyl (C=O) groups is 4. The van der Waals surface area contributed by atoms with Crippen molar-refractivity contribution in [2.24, 2.45) is 11.8 Å². The van der Waals surface area contributed by atoms with Crippen LogP contribution in [0.15, 0.2) is 89.5 Å². The summed E-state index contributed by atoms with van der Waals surface area (Å²) in [4.78, 5) is 58.7. The van der Waals surface area contributed by atoms with Crippen molar-refractivity contribution in [2.75, 3.05) is 26.1 Å². The number of ether oxygens (including phenoxy) is 2. The number of benzene rings is 3. The molecule has 1 aromatic heterocycles. The van der Waals surface area contributed by atoms with Crippen LogP contribution in [0.3, 0.4) is 0 Å². The molecule has 1 saturated carbocycles. The third-order valence-electron chi connectivity index (χ3n) is 10.2. The first-order chi connectivity index (χ1) is 23.3. The summed E-state index contributed by atoms with van der Waals surface area (Å²) in [6.07, 6.45) is 4.70. The topological polar surface area (TPSA) is 118 Å². The summed E-state index contributed by atoms with van der Waals surface area (Å²) in [7, 11) is 3.06. The van der Waals surface area contributed by atoms with Crippen LogP contribution in [0.2, 0.25) is 0 Å². The molecule has 1 aliphatic heterocycles. The molecule has 1 fully saturated rings. The first kappa shape index (κ1) is 31.2. The molecular formula is C38H37N3O7. The molecule has 3 atom stereocenters.